The van der Waals surface area contributed by atoms with Gasteiger partial charge in [0.05, 0.1) is 5.03 Å². The molecule has 0 saturated heterocycles. The molecule has 1 aromatic heterocycles. The Morgan fingerprint density at radius 2 is 1.74 bits per heavy atom. The number of aliphatic hydroxyl groups is 2. The van der Waals surface area contributed by atoms with E-state index in [4.69, 9.17) is 0 Å². The summed E-state index contributed by atoms with van der Waals surface area (Å²) in [4.78, 5) is 23.6. The van der Waals surface area contributed by atoms with E-state index in [9.17, 15) is 19.8 Å². The number of aromatic nitrogens is 1. The van der Waals surface area contributed by atoms with E-state index in [1.807, 2.05) is 30.3 Å². The summed E-state index contributed by atoms with van der Waals surface area (Å²) in [6, 6.07) is 7.30. The maximum absolute atomic E-state index is 11.0. The highest BCUT2D eigenvalue weighted by atomic mass is 32.2. The first-order valence-corrected chi connectivity index (χ1v) is 8.17. The molecule has 7 nitrogen and oxygen atoms in total. The number of allylic oxidation sites excluding steroid dienone is 1. The van der Waals surface area contributed by atoms with Gasteiger partial charge in [-0.2, -0.15) is 4.68 Å². The first-order chi connectivity index (χ1) is 11.1. The molecule has 2 aliphatic heterocycles. The summed E-state index contributed by atoms with van der Waals surface area (Å²) in [5.41, 5.74) is 3.16. The molecule has 0 amide bonds. The van der Waals surface area contributed by atoms with Crippen LogP contribution in [0.4, 0.5) is 0 Å². The summed E-state index contributed by atoms with van der Waals surface area (Å²) in [6.07, 6.45) is 0.995. The Balaban J connectivity index is 1.40. The fourth-order valence-electron chi connectivity index (χ4n) is 2.95. The van der Waals surface area contributed by atoms with Gasteiger partial charge >= 0.3 is 11.1 Å². The summed E-state index contributed by atoms with van der Waals surface area (Å²) < 4.78 is 0.969. The molecule has 3 N–H and O–H groups in total. The van der Waals surface area contributed by atoms with Gasteiger partial charge in [0.25, 0.3) is 0 Å². The van der Waals surface area contributed by atoms with E-state index in [1.165, 1.54) is 11.8 Å². The Hall–Kier alpha value is -1.87. The van der Waals surface area contributed by atoms with E-state index in [2.05, 4.69) is 5.43 Å². The van der Waals surface area contributed by atoms with Crippen LogP contribution in [-0.4, -0.2) is 31.6 Å². The summed E-state index contributed by atoms with van der Waals surface area (Å²) >= 11 is 1.49. The van der Waals surface area contributed by atoms with Gasteiger partial charge in [0.1, 0.15) is 12.5 Å². The lowest BCUT2D eigenvalue weighted by Crippen LogP contribution is -2.32. The number of benzene rings is 1. The Kier molecular flexibility index (Phi) is 3.42. The molecular formula is C15H15N3O4S. The van der Waals surface area contributed by atoms with Crippen LogP contribution in [-0.2, 0) is 0 Å². The van der Waals surface area contributed by atoms with Gasteiger partial charge in [0.15, 0.2) is 0 Å². The molecule has 0 spiro atoms. The van der Waals surface area contributed by atoms with Gasteiger partial charge in [-0.05, 0) is 6.42 Å². The number of nitrogens with one attached hydrogen (secondary N) is 1. The molecule has 2 aromatic rings. The van der Waals surface area contributed by atoms with Crippen LogP contribution in [0.3, 0.4) is 0 Å². The van der Waals surface area contributed by atoms with Crippen LogP contribution in [0.5, 0.6) is 0 Å². The minimum Gasteiger partial charge on any atom is -0.374 e. The van der Waals surface area contributed by atoms with Crippen molar-refractivity contribution in [3.63, 3.8) is 0 Å². The van der Waals surface area contributed by atoms with E-state index < -0.39 is 23.6 Å². The van der Waals surface area contributed by atoms with Gasteiger partial charge in [-0.3, -0.25) is 15.0 Å². The highest BCUT2D eigenvalue weighted by Crippen LogP contribution is 2.41. The normalized spacial score (nSPS) is 27.4. The van der Waals surface area contributed by atoms with Gasteiger partial charge < -0.3 is 10.2 Å². The number of fused-ring (bicyclic) bond motifs is 1. The second-order valence-corrected chi connectivity index (χ2v) is 7.02. The highest BCUT2D eigenvalue weighted by molar-refractivity contribution is 8.04. The average molecular weight is 333 g/mol. The van der Waals surface area contributed by atoms with Crippen molar-refractivity contribution >= 4 is 11.8 Å². The molecule has 0 radical (unpaired) electrons. The Morgan fingerprint density at radius 1 is 1.13 bits per heavy atom. The summed E-state index contributed by atoms with van der Waals surface area (Å²) in [6.45, 7) is 0.491. The third-order valence-electron chi connectivity index (χ3n) is 4.22. The van der Waals surface area contributed by atoms with E-state index in [0.29, 0.717) is 6.54 Å². The van der Waals surface area contributed by atoms with Crippen molar-refractivity contribution in [3.05, 3.63) is 67.2 Å². The molecule has 8 heteroatoms. The minimum atomic E-state index is -0.825. The SMILES string of the molecule is O=c1c(=O)n1NC1=CCC(CN2C(O)c3ccccc3C2O)S1. The lowest BCUT2D eigenvalue weighted by molar-refractivity contribution is -0.0835. The molecule has 0 fully saturated rings. The van der Waals surface area contributed by atoms with Crippen molar-refractivity contribution in [3.8, 4) is 0 Å². The summed E-state index contributed by atoms with van der Waals surface area (Å²) in [5.74, 6) is 0. The lowest BCUT2D eigenvalue weighted by atomic mass is 10.1. The second-order valence-electron chi connectivity index (χ2n) is 5.67. The minimum absolute atomic E-state index is 0.126. The molecule has 2 aliphatic rings. The Labute approximate surface area is 135 Å². The van der Waals surface area contributed by atoms with Crippen molar-refractivity contribution in [1.29, 1.82) is 0 Å². The maximum Gasteiger partial charge on any atom is 0.340 e. The highest BCUT2D eigenvalue weighted by Gasteiger charge is 2.38. The van der Waals surface area contributed by atoms with Crippen LogP contribution in [0.2, 0.25) is 0 Å². The zero-order valence-electron chi connectivity index (χ0n) is 12.0. The first kappa shape index (κ1) is 14.7. The average Bonchev–Trinajstić information content (AvgIpc) is 2.92. The van der Waals surface area contributed by atoms with Crippen LogP contribution >= 0.6 is 11.8 Å². The molecule has 0 aliphatic carbocycles. The van der Waals surface area contributed by atoms with Crippen molar-refractivity contribution in [2.45, 2.75) is 24.1 Å². The Morgan fingerprint density at radius 3 is 2.30 bits per heavy atom. The largest absolute Gasteiger partial charge is 0.374 e. The molecule has 23 heavy (non-hydrogen) atoms. The fourth-order valence-corrected chi connectivity index (χ4v) is 4.09. The molecule has 120 valence electrons. The van der Waals surface area contributed by atoms with Crippen LogP contribution in [0.25, 0.3) is 0 Å². The molecule has 3 heterocycles. The smallest absolute Gasteiger partial charge is 0.340 e. The van der Waals surface area contributed by atoms with Gasteiger partial charge in [-0.15, -0.1) is 11.8 Å². The third-order valence-corrected chi connectivity index (χ3v) is 5.40. The fraction of sp³-hybridized carbons (Fsp3) is 0.333. The van der Waals surface area contributed by atoms with Gasteiger partial charge in [0, 0.05) is 22.9 Å². The van der Waals surface area contributed by atoms with E-state index in [0.717, 1.165) is 27.3 Å². The van der Waals surface area contributed by atoms with Crippen molar-refractivity contribution < 1.29 is 10.2 Å². The molecule has 0 bridgehead atoms. The van der Waals surface area contributed by atoms with Crippen molar-refractivity contribution in [2.75, 3.05) is 12.0 Å². The third kappa shape index (κ3) is 2.43. The number of rotatable bonds is 4. The zero-order chi connectivity index (χ0) is 16.1. The molecule has 3 atom stereocenters. The summed E-state index contributed by atoms with van der Waals surface area (Å²) in [7, 11) is 0. The molecule has 1 aromatic carbocycles. The maximum atomic E-state index is 11.0. The first-order valence-electron chi connectivity index (χ1n) is 7.29. The standard InChI is InChI=1S/C15H15N3O4S/c19-12-9-3-1-2-4-10(9)13(20)17(12)7-8-5-6-11(23-8)16-18-14(21)15(18)22/h1-4,6,8,12-13,16,19-20H,5,7H2. The van der Waals surface area contributed by atoms with Crippen molar-refractivity contribution in [2.24, 2.45) is 0 Å². The topological polar surface area (TPSA) is 94.8 Å². The number of hydrogen-bond acceptors (Lipinski definition) is 7. The van der Waals surface area contributed by atoms with Gasteiger partial charge in [-0.25, -0.2) is 4.90 Å². The number of aliphatic hydroxyl groups excluding tert-OH is 2. The lowest BCUT2D eigenvalue weighted by Gasteiger charge is -2.26. The monoisotopic (exact) mass is 333 g/mol. The summed E-state index contributed by atoms with van der Waals surface area (Å²) in [5, 5.41) is 21.6. The van der Waals surface area contributed by atoms with Gasteiger partial charge in [0.2, 0.25) is 0 Å². The predicted octanol–water partition coefficient (Wildman–Crippen LogP) is -0.0279. The molecule has 3 unspecified atom stereocenters. The number of hydrogen-bond donors (Lipinski definition) is 3. The van der Waals surface area contributed by atoms with Crippen LogP contribution in [0, 0.1) is 0 Å². The molecule has 0 saturated carbocycles. The van der Waals surface area contributed by atoms with Crippen molar-refractivity contribution in [1.82, 2.24) is 9.58 Å². The van der Waals surface area contributed by atoms with E-state index in [1.54, 1.807) is 4.90 Å². The molecular weight excluding hydrogens is 318 g/mol. The predicted molar refractivity (Wildman–Crippen MR) is 85.9 cm³/mol. The van der Waals surface area contributed by atoms with Crippen LogP contribution in [0.15, 0.2) is 45.0 Å². The van der Waals surface area contributed by atoms with Crippen LogP contribution in [0.1, 0.15) is 30.0 Å². The quantitative estimate of drug-likeness (QED) is 0.677. The second kappa shape index (κ2) is 5.34. The number of thioether (sulfide) groups is 1. The zero-order valence-corrected chi connectivity index (χ0v) is 12.9. The van der Waals surface area contributed by atoms with E-state index in [-0.39, 0.29) is 5.25 Å². The Bertz CT molecular complexity index is 800. The van der Waals surface area contributed by atoms with Gasteiger partial charge in [-0.1, -0.05) is 30.3 Å². The number of nitrogens with zero attached hydrogens (tertiary/aromatic N) is 2. The molecule has 4 rings (SSSR count). The van der Waals surface area contributed by atoms with Crippen LogP contribution < -0.4 is 16.5 Å². The van der Waals surface area contributed by atoms with E-state index >= 15 is 0 Å².